The van der Waals surface area contributed by atoms with Gasteiger partial charge < -0.3 is 0 Å². The Bertz CT molecular complexity index is 171. The van der Waals surface area contributed by atoms with Gasteiger partial charge in [0.05, 0.1) is 0 Å². The van der Waals surface area contributed by atoms with E-state index in [-0.39, 0.29) is 17.7 Å². The van der Waals surface area contributed by atoms with E-state index in [2.05, 4.69) is 7.06 Å². The van der Waals surface area contributed by atoms with E-state index in [9.17, 15) is 9.59 Å². The van der Waals surface area contributed by atoms with Crippen LogP contribution in [0.5, 0.6) is 0 Å². The molecule has 0 rings (SSSR count). The molecule has 0 radical (unpaired) electrons. The van der Waals surface area contributed by atoms with Gasteiger partial charge in [0.15, 0.2) is 0 Å². The molecule has 0 unspecified atom stereocenters. The molecule has 0 heterocycles. The Labute approximate surface area is 83.5 Å². The Morgan fingerprint density at radius 3 is 2.33 bits per heavy atom. The number of nitrogens with one attached hydrogen (secondary N) is 2. The molecule has 0 saturated heterocycles. The Balaban J connectivity index is 3.44. The molecule has 2 amide bonds. The monoisotopic (exact) mass is 285 g/mol. The first-order valence-electron chi connectivity index (χ1n) is 3.79. The first-order valence-corrected chi connectivity index (χ1v) is 5.95. The second kappa shape index (κ2) is 6.22. The van der Waals surface area contributed by atoms with Crippen molar-refractivity contribution in [2.24, 2.45) is 5.92 Å². The number of carbonyl (C=O) groups is 2. The molecule has 0 atom stereocenters. The van der Waals surface area contributed by atoms with Gasteiger partial charge in [-0.1, -0.05) is 0 Å². The van der Waals surface area contributed by atoms with Crippen LogP contribution in [-0.2, 0) is 9.59 Å². The van der Waals surface area contributed by atoms with Gasteiger partial charge in [-0.25, -0.2) is 0 Å². The molecular weight excluding hydrogens is 271 g/mol. The summed E-state index contributed by atoms with van der Waals surface area (Å²) in [5.74, 6) is -0.0192. The number of hydrogen-bond acceptors (Lipinski definition) is 2. The molecule has 12 heavy (non-hydrogen) atoms. The van der Waals surface area contributed by atoms with E-state index in [4.69, 9.17) is 0 Å². The van der Waals surface area contributed by atoms with Crippen molar-refractivity contribution in [2.75, 3.05) is 0 Å². The number of hydrogen-bond donors (Lipinski definition) is 2. The van der Waals surface area contributed by atoms with Crippen LogP contribution in [0.3, 0.4) is 0 Å². The van der Waals surface area contributed by atoms with Crippen LogP contribution in [-0.4, -0.2) is 11.8 Å². The SMILES string of the molecule is CCC(=O)N[I-]NC(=O)C(C)C. The molecule has 2 N–H and O–H groups in total. The van der Waals surface area contributed by atoms with E-state index in [1.165, 1.54) is 0 Å². The summed E-state index contributed by atoms with van der Waals surface area (Å²) in [4.78, 5) is 21.7. The van der Waals surface area contributed by atoms with E-state index in [1.807, 2.05) is 13.8 Å². The predicted octanol–water partition coefficient (Wildman–Crippen LogP) is -2.80. The minimum atomic E-state index is -0.695. The molecule has 0 fully saturated rings. The van der Waals surface area contributed by atoms with Crippen LogP contribution in [0.2, 0.25) is 0 Å². The van der Waals surface area contributed by atoms with Crippen LogP contribution in [0.25, 0.3) is 0 Å². The van der Waals surface area contributed by atoms with Gasteiger partial charge in [-0.05, 0) is 0 Å². The van der Waals surface area contributed by atoms with Gasteiger partial charge in [-0.15, -0.1) is 0 Å². The molecule has 0 spiro atoms. The summed E-state index contributed by atoms with van der Waals surface area (Å²) in [6, 6.07) is 0. The van der Waals surface area contributed by atoms with Crippen molar-refractivity contribution in [2.45, 2.75) is 27.2 Å². The quantitative estimate of drug-likeness (QED) is 0.433. The van der Waals surface area contributed by atoms with Gasteiger partial charge >= 0.3 is 83.3 Å². The fraction of sp³-hybridized carbons (Fsp3) is 0.714. The molecular formula is C7H14IN2O2-. The third-order valence-corrected chi connectivity index (χ3v) is 2.81. The topological polar surface area (TPSA) is 58.2 Å². The van der Waals surface area contributed by atoms with Gasteiger partial charge in [-0.3, -0.25) is 0 Å². The molecule has 0 saturated carbocycles. The maximum atomic E-state index is 11.0. The third kappa shape index (κ3) is 5.34. The summed E-state index contributed by atoms with van der Waals surface area (Å²) in [6.07, 6.45) is 0.470. The van der Waals surface area contributed by atoms with E-state index >= 15 is 0 Å². The van der Waals surface area contributed by atoms with Crippen LogP contribution in [0.4, 0.5) is 0 Å². The fourth-order valence-electron chi connectivity index (χ4n) is 0.299. The minimum absolute atomic E-state index is 0.000738. The number of halogens is 1. The normalized spacial score (nSPS) is 10.0. The zero-order chi connectivity index (χ0) is 9.56. The molecule has 4 nitrogen and oxygen atoms in total. The average molecular weight is 285 g/mol. The zero-order valence-electron chi connectivity index (χ0n) is 7.48. The second-order valence-electron chi connectivity index (χ2n) is 2.58. The Hall–Kier alpha value is -0.330. The van der Waals surface area contributed by atoms with Crippen LogP contribution < -0.4 is 28.8 Å². The molecule has 0 aromatic heterocycles. The van der Waals surface area contributed by atoms with Gasteiger partial charge in [0, 0.05) is 0 Å². The molecule has 5 heteroatoms. The van der Waals surface area contributed by atoms with Crippen LogP contribution in [0.1, 0.15) is 27.2 Å². The van der Waals surface area contributed by atoms with Crippen LogP contribution >= 0.6 is 0 Å². The first-order chi connectivity index (χ1) is 5.57. The van der Waals surface area contributed by atoms with Crippen molar-refractivity contribution in [3.63, 3.8) is 0 Å². The third-order valence-electron chi connectivity index (χ3n) is 1.14. The van der Waals surface area contributed by atoms with Crippen LogP contribution in [0, 0.1) is 5.92 Å². The zero-order valence-corrected chi connectivity index (χ0v) is 9.64. The molecule has 0 aromatic rings. The standard InChI is InChI=1S/C7H14IN2O2/c1-4-6(11)9-8-10-7(12)5(2)3/h5H,4H2,1-3H3,(H,9,11)(H,10,12)/q-1. The Morgan fingerprint density at radius 1 is 1.33 bits per heavy atom. The summed E-state index contributed by atoms with van der Waals surface area (Å²) >= 11 is -0.695. The van der Waals surface area contributed by atoms with E-state index < -0.39 is 21.8 Å². The van der Waals surface area contributed by atoms with Crippen molar-refractivity contribution >= 4 is 11.8 Å². The number of carbonyl (C=O) groups excluding carboxylic acids is 2. The molecule has 0 aliphatic heterocycles. The first kappa shape index (κ1) is 11.7. The van der Waals surface area contributed by atoms with E-state index in [0.29, 0.717) is 6.42 Å². The van der Waals surface area contributed by atoms with E-state index in [1.54, 1.807) is 6.92 Å². The van der Waals surface area contributed by atoms with Crippen molar-refractivity contribution in [1.82, 2.24) is 7.06 Å². The van der Waals surface area contributed by atoms with Crippen molar-refractivity contribution < 1.29 is 31.3 Å². The predicted molar refractivity (Wildman–Crippen MR) is 41.4 cm³/mol. The second-order valence-corrected chi connectivity index (χ2v) is 4.20. The van der Waals surface area contributed by atoms with Gasteiger partial charge in [-0.2, -0.15) is 0 Å². The van der Waals surface area contributed by atoms with Crippen molar-refractivity contribution in [3.05, 3.63) is 0 Å². The summed E-state index contributed by atoms with van der Waals surface area (Å²) in [6.45, 7) is 5.42. The average Bonchev–Trinajstić information content (AvgIpc) is 2.03. The van der Waals surface area contributed by atoms with E-state index in [0.717, 1.165) is 0 Å². The fourth-order valence-corrected chi connectivity index (χ4v) is 2.00. The van der Waals surface area contributed by atoms with Crippen molar-refractivity contribution in [3.8, 4) is 0 Å². The summed E-state index contributed by atoms with van der Waals surface area (Å²) < 4.78 is 5.34. The number of rotatable bonds is 4. The van der Waals surface area contributed by atoms with Crippen molar-refractivity contribution in [1.29, 1.82) is 0 Å². The molecule has 0 aliphatic carbocycles. The molecule has 0 bridgehead atoms. The molecule has 72 valence electrons. The number of amides is 2. The van der Waals surface area contributed by atoms with Crippen LogP contribution in [0.15, 0.2) is 0 Å². The molecule has 0 aromatic carbocycles. The molecule has 0 aliphatic rings. The Kier molecular flexibility index (Phi) is 6.04. The van der Waals surface area contributed by atoms with Gasteiger partial charge in [0.1, 0.15) is 0 Å². The van der Waals surface area contributed by atoms with Gasteiger partial charge in [0.25, 0.3) is 0 Å². The van der Waals surface area contributed by atoms with Gasteiger partial charge in [0.2, 0.25) is 0 Å². The Morgan fingerprint density at radius 2 is 1.92 bits per heavy atom. The summed E-state index contributed by atoms with van der Waals surface area (Å²) in [5, 5.41) is 0. The maximum absolute atomic E-state index is 11.0. The summed E-state index contributed by atoms with van der Waals surface area (Å²) in [5.41, 5.74) is 0. The summed E-state index contributed by atoms with van der Waals surface area (Å²) in [7, 11) is 0.